The number of hydrogen-bond acceptors (Lipinski definition) is 8. The van der Waals surface area contributed by atoms with Crippen LogP contribution in [0.3, 0.4) is 0 Å². The van der Waals surface area contributed by atoms with E-state index in [0.29, 0.717) is 40.7 Å². The van der Waals surface area contributed by atoms with E-state index in [9.17, 15) is 4.79 Å². The number of hydrogen-bond donors (Lipinski definition) is 2. The lowest BCUT2D eigenvalue weighted by Gasteiger charge is -2.25. The van der Waals surface area contributed by atoms with Gasteiger partial charge in [-0.25, -0.2) is 4.98 Å². The number of benzene rings is 1. The summed E-state index contributed by atoms with van der Waals surface area (Å²) in [7, 11) is 4.81. The summed E-state index contributed by atoms with van der Waals surface area (Å²) in [6.07, 6.45) is 8.93. The highest BCUT2D eigenvalue weighted by atomic mass is 35.5. The van der Waals surface area contributed by atoms with Crippen LogP contribution in [0.5, 0.6) is 0 Å². The number of aldehydes is 1. The van der Waals surface area contributed by atoms with Crippen LogP contribution in [-0.4, -0.2) is 110 Å². The third kappa shape index (κ3) is 16.9. The SMILES string of the molecule is C=C(/C=C1/CN(C(C)C)CCCN1)C(C)P.C=C(C=O)/C(Cl)=C1/CN(C(C)C)CCCN1.CC.CC(C)N1CCCn2nc(-c3nc4ccccc4n3C)c(Cl)c2C1.CCCC. The third-order valence-electron chi connectivity index (χ3n) is 11.2. The lowest BCUT2D eigenvalue weighted by molar-refractivity contribution is -0.104. The molecule has 0 saturated carbocycles. The Hall–Kier alpha value is -2.98. The predicted molar refractivity (Wildman–Crippen MR) is 272 cm³/mol. The molecule has 0 bridgehead atoms. The number of fused-ring (bicyclic) bond motifs is 2. The summed E-state index contributed by atoms with van der Waals surface area (Å²) in [5.74, 6) is 0.831. The van der Waals surface area contributed by atoms with E-state index in [0.717, 1.165) is 104 Å². The summed E-state index contributed by atoms with van der Waals surface area (Å²) >= 11 is 12.9. The molecule has 2 saturated heterocycles. The van der Waals surface area contributed by atoms with Crippen LogP contribution in [0.25, 0.3) is 22.6 Å². The van der Waals surface area contributed by atoms with Crippen LogP contribution in [0.2, 0.25) is 5.02 Å². The van der Waals surface area contributed by atoms with Crippen molar-refractivity contribution in [2.24, 2.45) is 7.05 Å². The largest absolute Gasteiger partial charge is 0.387 e. The van der Waals surface area contributed by atoms with Crippen molar-refractivity contribution in [3.8, 4) is 11.5 Å². The Bertz CT molecular complexity index is 1890. The number of imidazole rings is 1. The maximum atomic E-state index is 10.6. The first-order chi connectivity index (χ1) is 29.5. The summed E-state index contributed by atoms with van der Waals surface area (Å²) < 4.78 is 4.14. The fourth-order valence-corrected chi connectivity index (χ4v) is 7.46. The molecule has 0 amide bonds. The van der Waals surface area contributed by atoms with Gasteiger partial charge >= 0.3 is 0 Å². The molecule has 3 aromatic rings. The number of para-hydroxylation sites is 2. The smallest absolute Gasteiger partial charge is 0.163 e. The minimum absolute atomic E-state index is 0.342. The highest BCUT2D eigenvalue weighted by Gasteiger charge is 2.26. The van der Waals surface area contributed by atoms with Crippen molar-refractivity contribution in [1.29, 1.82) is 0 Å². The van der Waals surface area contributed by atoms with E-state index in [2.05, 4.69) is 131 Å². The number of halogens is 2. The van der Waals surface area contributed by atoms with Gasteiger partial charge in [-0.3, -0.25) is 24.2 Å². The second kappa shape index (κ2) is 28.7. The van der Waals surface area contributed by atoms with E-state index < -0.39 is 0 Å². The average molecular weight is 915 g/mol. The standard InChI is InChI=1S/C18H22ClN5.C13H25N2P.C12H19ClN2O.C4H10.C2H6/c1-12(2)23-9-6-10-24-15(11-23)16(19)17(21-24)18-20-13-7-4-5-8-14(13)22(18)3;1-10(2)15-7-5-6-14-13(9-15)8-11(3)12(4)16;1-9(2)15-6-4-5-14-11(7-15)12(13)10(3)8-16;1-3-4-2;1-2/h4-5,7-8,12H,6,9-11H2,1-3H3;8,10,12,14H,3,5-7,9,16H2,1-2,4H3;8-9,14H,3-7H2,1-2H3;3-4H2,1-2H3;1-2H3/b;13-8-;12-11+;;. The molecule has 3 aliphatic rings. The van der Waals surface area contributed by atoms with Gasteiger partial charge in [-0.05, 0) is 90.2 Å². The Balaban J connectivity index is 0.000000310. The lowest BCUT2D eigenvalue weighted by atomic mass is 10.2. The van der Waals surface area contributed by atoms with E-state index in [1.807, 2.05) is 39.1 Å². The second-order valence-electron chi connectivity index (χ2n) is 16.9. The lowest BCUT2D eigenvalue weighted by Crippen LogP contribution is -2.33. The van der Waals surface area contributed by atoms with Crippen LogP contribution in [-0.2, 0) is 24.9 Å². The van der Waals surface area contributed by atoms with Crippen molar-refractivity contribution in [2.45, 2.75) is 145 Å². The minimum Gasteiger partial charge on any atom is -0.387 e. The van der Waals surface area contributed by atoms with Crippen LogP contribution in [0, 0.1) is 0 Å². The molecule has 2 N–H and O–H groups in total. The zero-order valence-electron chi connectivity index (χ0n) is 40.5. The van der Waals surface area contributed by atoms with Crippen molar-refractivity contribution in [2.75, 3.05) is 45.8 Å². The highest BCUT2D eigenvalue weighted by Crippen LogP contribution is 2.33. The van der Waals surface area contributed by atoms with E-state index in [4.69, 9.17) is 33.3 Å². The molecule has 0 spiro atoms. The maximum Gasteiger partial charge on any atom is 0.163 e. The summed E-state index contributed by atoms with van der Waals surface area (Å²) in [4.78, 5) is 22.7. The number of nitrogens with one attached hydrogen (secondary N) is 2. The average Bonchev–Trinajstić information content (AvgIpc) is 3.48. The van der Waals surface area contributed by atoms with Crippen molar-refractivity contribution in [3.05, 3.63) is 81.8 Å². The number of aryl methyl sites for hydroxylation is 2. The Labute approximate surface area is 388 Å². The van der Waals surface area contributed by atoms with Crippen molar-refractivity contribution in [3.63, 3.8) is 0 Å². The van der Waals surface area contributed by atoms with Crippen molar-refractivity contribution < 1.29 is 4.79 Å². The van der Waals surface area contributed by atoms with Gasteiger partial charge in [0.25, 0.3) is 0 Å². The van der Waals surface area contributed by atoms with Gasteiger partial charge in [0.1, 0.15) is 5.69 Å². The molecule has 0 aliphatic carbocycles. The molecule has 3 aliphatic heterocycles. The second-order valence-corrected chi connectivity index (χ2v) is 18.6. The quantitative estimate of drug-likeness (QED) is 0.125. The number of nitrogens with zero attached hydrogens (tertiary/aromatic N) is 7. The van der Waals surface area contributed by atoms with Gasteiger partial charge < -0.3 is 15.2 Å². The number of carbonyl (C=O) groups is 1. The zero-order valence-corrected chi connectivity index (χ0v) is 43.1. The van der Waals surface area contributed by atoms with Crippen molar-refractivity contribution >= 4 is 49.8 Å². The maximum absolute atomic E-state index is 10.6. The van der Waals surface area contributed by atoms with Gasteiger partial charge in [-0.15, -0.1) is 9.24 Å². The molecule has 348 valence electrons. The summed E-state index contributed by atoms with van der Waals surface area (Å²) in [6.45, 7) is 40.3. The van der Waals surface area contributed by atoms with Crippen LogP contribution in [0.4, 0.5) is 0 Å². The molecule has 0 radical (unpaired) electrons. The van der Waals surface area contributed by atoms with Gasteiger partial charge in [0.15, 0.2) is 12.1 Å². The molecule has 6 rings (SSSR count). The molecule has 2 aromatic heterocycles. The van der Waals surface area contributed by atoms with Gasteiger partial charge in [-0.2, -0.15) is 5.10 Å². The summed E-state index contributed by atoms with van der Waals surface area (Å²) in [5.41, 5.74) is 8.14. The number of unbranched alkanes of at least 4 members (excludes halogenated alkanes) is 1. The normalized spacial score (nSPS) is 18.1. The first kappa shape index (κ1) is 55.2. The molecule has 2 unspecified atom stereocenters. The number of carbonyl (C=O) groups excluding carboxylic acids is 1. The highest BCUT2D eigenvalue weighted by molar-refractivity contribution is 7.18. The number of rotatable bonds is 9. The zero-order chi connectivity index (χ0) is 46.5. The van der Waals surface area contributed by atoms with Gasteiger partial charge in [0.2, 0.25) is 0 Å². The molecule has 2 fully saturated rings. The van der Waals surface area contributed by atoms with Crippen LogP contribution in [0.15, 0.2) is 71.1 Å². The van der Waals surface area contributed by atoms with Gasteiger partial charge in [0.05, 0.1) is 26.8 Å². The Morgan fingerprint density at radius 2 is 1.39 bits per heavy atom. The first-order valence-corrected chi connectivity index (χ1v) is 24.5. The Morgan fingerprint density at radius 1 is 0.839 bits per heavy atom. The Kier molecular flexibility index (Phi) is 25.6. The molecule has 2 atom stereocenters. The van der Waals surface area contributed by atoms with Crippen LogP contribution in [0.1, 0.15) is 114 Å². The van der Waals surface area contributed by atoms with E-state index in [1.54, 1.807) is 0 Å². The molecule has 5 heterocycles. The fraction of sp³-hybridized carbons (Fsp3) is 0.612. The molecule has 1 aromatic carbocycles. The molecule has 13 heteroatoms. The topological polar surface area (TPSA) is 86.5 Å². The first-order valence-electron chi connectivity index (χ1n) is 23.1. The monoisotopic (exact) mass is 914 g/mol. The third-order valence-corrected chi connectivity index (χ3v) is 12.5. The van der Waals surface area contributed by atoms with Gasteiger partial charge in [0, 0.05) is 101 Å². The summed E-state index contributed by atoms with van der Waals surface area (Å²) in [5, 5.41) is 12.8. The minimum atomic E-state index is 0.342. The van der Waals surface area contributed by atoms with Crippen LogP contribution < -0.4 is 10.6 Å². The van der Waals surface area contributed by atoms with Crippen LogP contribution >= 0.6 is 32.4 Å². The molecule has 62 heavy (non-hydrogen) atoms. The Morgan fingerprint density at radius 3 is 1.94 bits per heavy atom. The predicted octanol–water partition coefficient (Wildman–Crippen LogP) is 10.8. The molecular formula is C49H82Cl2N9OP. The fourth-order valence-electron chi connectivity index (χ4n) is 6.92. The summed E-state index contributed by atoms with van der Waals surface area (Å²) in [6, 6.07) is 9.72. The van der Waals surface area contributed by atoms with E-state index in [1.165, 1.54) is 37.1 Å². The molecular weight excluding hydrogens is 832 g/mol. The van der Waals surface area contributed by atoms with Crippen molar-refractivity contribution in [1.82, 2.24) is 44.7 Å². The van der Waals surface area contributed by atoms with E-state index in [-0.39, 0.29) is 0 Å². The molecule has 10 nitrogen and oxygen atoms in total. The van der Waals surface area contributed by atoms with Gasteiger partial charge in [-0.1, -0.05) is 96.0 Å². The number of aromatic nitrogens is 4. The number of allylic oxidation sites excluding steroid dienone is 4. The van der Waals surface area contributed by atoms with E-state index >= 15 is 0 Å².